The number of nitrogens with one attached hydrogen (secondary N) is 2. The molecule has 0 aliphatic carbocycles. The smallest absolute Gasteiger partial charge is 0.246 e. The normalized spacial score (nSPS) is 10.8. The summed E-state index contributed by atoms with van der Waals surface area (Å²) in [5.74, 6) is 6.83. The molecule has 2 aromatic rings. The minimum atomic E-state index is -0.305. The fourth-order valence-corrected chi connectivity index (χ4v) is 3.69. The Morgan fingerprint density at radius 1 is 1.07 bits per heavy atom. The van der Waals surface area contributed by atoms with Crippen LogP contribution in [0.15, 0.2) is 42.6 Å². The Morgan fingerprint density at radius 3 is 2.42 bits per heavy atom. The Hall–Kier alpha value is -3.97. The maximum absolute atomic E-state index is 13.3. The summed E-state index contributed by atoms with van der Waals surface area (Å²) in [6, 6.07) is 6.05. The van der Waals surface area contributed by atoms with E-state index in [0.29, 0.717) is 37.6 Å². The largest absolute Gasteiger partial charge is 0.355 e. The van der Waals surface area contributed by atoms with Crippen LogP contribution in [0.25, 0.3) is 0 Å². The van der Waals surface area contributed by atoms with Crippen LogP contribution in [-0.2, 0) is 9.59 Å². The predicted octanol–water partition coefficient (Wildman–Crippen LogP) is 3.81. The standard InChI is InChI=1S/C30H42FN7O2/c1-6-19-38(20-7-2)29-24(22-33-30(35-29)34-26-16-14-25(31)15-17-26)12-9-8-10-18-32-27(39)23-37(5)28(40)13-11-21-36(3)4/h11,13-17,22H,6-8,10,18-21,23H2,1-5H3,(H,32,39)(H,33,34,35)/b13-11+. The first kappa shape index (κ1) is 32.2. The van der Waals surface area contributed by atoms with Crippen molar-refractivity contribution in [2.45, 2.75) is 39.5 Å². The van der Waals surface area contributed by atoms with Crippen molar-refractivity contribution in [3.8, 4) is 11.8 Å². The Kier molecular flexibility index (Phi) is 14.2. The number of hydrogen-bond acceptors (Lipinski definition) is 7. The van der Waals surface area contributed by atoms with E-state index in [-0.39, 0.29) is 24.2 Å². The summed E-state index contributed by atoms with van der Waals surface area (Å²) < 4.78 is 13.3. The van der Waals surface area contributed by atoms with Crippen LogP contribution in [0.1, 0.15) is 45.1 Å². The average Bonchev–Trinajstić information content (AvgIpc) is 2.92. The molecule has 2 amide bonds. The number of anilines is 3. The summed E-state index contributed by atoms with van der Waals surface area (Å²) in [5, 5.41) is 5.97. The molecule has 0 spiro atoms. The molecule has 0 radical (unpaired) electrons. The highest BCUT2D eigenvalue weighted by Gasteiger charge is 2.14. The number of benzene rings is 1. The van der Waals surface area contributed by atoms with Crippen LogP contribution in [0.5, 0.6) is 0 Å². The van der Waals surface area contributed by atoms with Crippen LogP contribution in [-0.4, -0.2) is 85.4 Å². The zero-order valence-electron chi connectivity index (χ0n) is 24.3. The van der Waals surface area contributed by atoms with Gasteiger partial charge in [-0.3, -0.25) is 9.59 Å². The van der Waals surface area contributed by atoms with Crippen LogP contribution in [0.3, 0.4) is 0 Å². The summed E-state index contributed by atoms with van der Waals surface area (Å²) in [6.45, 7) is 7.04. The number of rotatable bonds is 15. The molecule has 216 valence electrons. The fraction of sp³-hybridized carbons (Fsp3) is 0.467. The molecule has 1 heterocycles. The van der Waals surface area contributed by atoms with Crippen molar-refractivity contribution in [2.24, 2.45) is 0 Å². The molecule has 0 unspecified atom stereocenters. The van der Waals surface area contributed by atoms with Gasteiger partial charge in [-0.1, -0.05) is 31.8 Å². The zero-order valence-corrected chi connectivity index (χ0v) is 24.3. The molecule has 0 fully saturated rings. The number of hydrogen-bond donors (Lipinski definition) is 2. The average molecular weight is 552 g/mol. The predicted molar refractivity (Wildman–Crippen MR) is 159 cm³/mol. The van der Waals surface area contributed by atoms with Crippen LogP contribution >= 0.6 is 0 Å². The first-order valence-corrected chi connectivity index (χ1v) is 13.7. The Balaban J connectivity index is 1.96. The number of unbranched alkanes of at least 4 members (excludes halogenated alkanes) is 1. The highest BCUT2D eigenvalue weighted by atomic mass is 19.1. The molecule has 0 bridgehead atoms. The fourth-order valence-electron chi connectivity index (χ4n) is 3.69. The molecule has 0 saturated carbocycles. The van der Waals surface area contributed by atoms with Crippen LogP contribution in [0, 0.1) is 17.7 Å². The minimum Gasteiger partial charge on any atom is -0.355 e. The summed E-state index contributed by atoms with van der Waals surface area (Å²) in [5.41, 5.74) is 1.43. The number of amides is 2. The van der Waals surface area contributed by atoms with E-state index >= 15 is 0 Å². The molecule has 0 aliphatic heterocycles. The van der Waals surface area contributed by atoms with E-state index in [2.05, 4.69) is 46.2 Å². The van der Waals surface area contributed by atoms with Crippen molar-refractivity contribution in [3.05, 3.63) is 54.0 Å². The van der Waals surface area contributed by atoms with Crippen molar-refractivity contribution in [1.82, 2.24) is 25.1 Å². The Bertz CT molecular complexity index is 1170. The van der Waals surface area contributed by atoms with Gasteiger partial charge in [-0.2, -0.15) is 4.98 Å². The first-order chi connectivity index (χ1) is 19.2. The molecular weight excluding hydrogens is 509 g/mol. The number of nitrogens with zero attached hydrogens (tertiary/aromatic N) is 5. The van der Waals surface area contributed by atoms with Crippen LogP contribution in [0.4, 0.5) is 21.8 Å². The zero-order chi connectivity index (χ0) is 29.3. The molecular formula is C30H42FN7O2. The van der Waals surface area contributed by atoms with Gasteiger partial charge in [0, 0.05) is 51.4 Å². The van der Waals surface area contributed by atoms with Gasteiger partial charge in [-0.25, -0.2) is 9.37 Å². The van der Waals surface area contributed by atoms with Crippen molar-refractivity contribution in [1.29, 1.82) is 0 Å². The molecule has 0 atom stereocenters. The second-order valence-electron chi connectivity index (χ2n) is 9.66. The molecule has 1 aromatic carbocycles. The highest BCUT2D eigenvalue weighted by molar-refractivity contribution is 5.91. The topological polar surface area (TPSA) is 93.7 Å². The van der Waals surface area contributed by atoms with E-state index in [4.69, 9.17) is 4.98 Å². The lowest BCUT2D eigenvalue weighted by molar-refractivity contribution is -0.131. The molecule has 40 heavy (non-hydrogen) atoms. The minimum absolute atomic E-state index is 0.000509. The van der Waals surface area contributed by atoms with Gasteiger partial charge in [0.25, 0.3) is 0 Å². The van der Waals surface area contributed by atoms with E-state index in [1.807, 2.05) is 19.0 Å². The summed E-state index contributed by atoms with van der Waals surface area (Å²) in [6.07, 6.45) is 8.14. The lowest BCUT2D eigenvalue weighted by Gasteiger charge is -2.24. The summed E-state index contributed by atoms with van der Waals surface area (Å²) >= 11 is 0. The van der Waals surface area contributed by atoms with Crippen LogP contribution < -0.4 is 15.5 Å². The number of carbonyl (C=O) groups excluding carboxylic acids is 2. The maximum Gasteiger partial charge on any atom is 0.246 e. The van der Waals surface area contributed by atoms with E-state index in [9.17, 15) is 14.0 Å². The quantitative estimate of drug-likeness (QED) is 0.198. The number of carbonyl (C=O) groups is 2. The third kappa shape index (κ3) is 11.8. The molecule has 0 saturated heterocycles. The van der Waals surface area contributed by atoms with Crippen molar-refractivity contribution in [3.63, 3.8) is 0 Å². The summed E-state index contributed by atoms with van der Waals surface area (Å²) in [4.78, 5) is 39.0. The second kappa shape index (κ2) is 17.6. The van der Waals surface area contributed by atoms with Gasteiger partial charge < -0.3 is 25.3 Å². The Morgan fingerprint density at radius 2 is 1.77 bits per heavy atom. The van der Waals surface area contributed by atoms with Crippen molar-refractivity contribution in [2.75, 3.05) is 64.1 Å². The SMILES string of the molecule is CCCN(CCC)c1nc(Nc2ccc(F)cc2)ncc1C#CCCCNC(=O)CN(C)C(=O)/C=C/CN(C)C. The van der Waals surface area contributed by atoms with Crippen molar-refractivity contribution >= 4 is 29.3 Å². The van der Waals surface area contributed by atoms with Gasteiger partial charge in [0.2, 0.25) is 17.8 Å². The Labute approximate surface area is 237 Å². The molecule has 2 rings (SSSR count). The highest BCUT2D eigenvalue weighted by Crippen LogP contribution is 2.21. The molecule has 0 aliphatic rings. The van der Waals surface area contributed by atoms with Crippen molar-refractivity contribution < 1.29 is 14.0 Å². The van der Waals surface area contributed by atoms with E-state index < -0.39 is 0 Å². The molecule has 9 nitrogen and oxygen atoms in total. The summed E-state index contributed by atoms with van der Waals surface area (Å²) in [7, 11) is 5.44. The third-order valence-corrected chi connectivity index (χ3v) is 5.67. The monoisotopic (exact) mass is 551 g/mol. The van der Waals surface area contributed by atoms with Gasteiger partial charge in [0.05, 0.1) is 18.3 Å². The van der Waals surface area contributed by atoms with Gasteiger partial charge >= 0.3 is 0 Å². The van der Waals surface area contributed by atoms with E-state index in [1.54, 1.807) is 31.5 Å². The third-order valence-electron chi connectivity index (χ3n) is 5.67. The number of likely N-dealkylation sites (N-methyl/N-ethyl adjacent to an activating group) is 2. The van der Waals surface area contributed by atoms with E-state index in [0.717, 1.165) is 37.3 Å². The van der Waals surface area contributed by atoms with Gasteiger partial charge in [-0.15, -0.1) is 0 Å². The number of halogens is 1. The first-order valence-electron chi connectivity index (χ1n) is 13.7. The molecule has 2 N–H and O–H groups in total. The number of aromatic nitrogens is 2. The van der Waals surface area contributed by atoms with E-state index in [1.165, 1.54) is 23.1 Å². The van der Waals surface area contributed by atoms with Gasteiger partial charge in [0.15, 0.2) is 0 Å². The molecule has 1 aromatic heterocycles. The maximum atomic E-state index is 13.3. The van der Waals surface area contributed by atoms with Gasteiger partial charge in [-0.05, 0) is 57.6 Å². The lowest BCUT2D eigenvalue weighted by Crippen LogP contribution is -2.38. The lowest BCUT2D eigenvalue weighted by atomic mass is 10.2. The second-order valence-corrected chi connectivity index (χ2v) is 9.66. The van der Waals surface area contributed by atoms with Crippen LogP contribution in [0.2, 0.25) is 0 Å². The van der Waals surface area contributed by atoms with Gasteiger partial charge in [0.1, 0.15) is 11.6 Å². The molecule has 10 heteroatoms.